The van der Waals surface area contributed by atoms with Crippen LogP contribution in [0.2, 0.25) is 0 Å². The van der Waals surface area contributed by atoms with Gasteiger partial charge in [-0.3, -0.25) is 4.79 Å². The van der Waals surface area contributed by atoms with Gasteiger partial charge in [0, 0.05) is 23.5 Å². The molecule has 0 radical (unpaired) electrons. The number of allylic oxidation sites excluding steroid dienone is 1. The molecule has 22 heavy (non-hydrogen) atoms. The Morgan fingerprint density at radius 3 is 2.50 bits per heavy atom. The molecule has 2 aromatic rings. The molecule has 0 saturated heterocycles. The number of carbonyl (C=O) groups excluding carboxylic acids is 1. The third-order valence-corrected chi connectivity index (χ3v) is 4.17. The van der Waals surface area contributed by atoms with Gasteiger partial charge in [-0.15, -0.1) is 0 Å². The summed E-state index contributed by atoms with van der Waals surface area (Å²) >= 11 is 0. The summed E-state index contributed by atoms with van der Waals surface area (Å²) < 4.78 is 0. The van der Waals surface area contributed by atoms with Crippen LogP contribution in [0.5, 0.6) is 0 Å². The molecule has 0 spiro atoms. The molecular weight excluding hydrogens is 270 g/mol. The van der Waals surface area contributed by atoms with Gasteiger partial charge in [-0.25, -0.2) is 0 Å². The highest BCUT2D eigenvalue weighted by Gasteiger charge is 2.11. The number of carbonyl (C=O) groups is 1. The second-order valence-electron chi connectivity index (χ2n) is 5.90. The van der Waals surface area contributed by atoms with E-state index in [1.54, 1.807) is 12.3 Å². The lowest BCUT2D eigenvalue weighted by atomic mass is 9.90. The van der Waals surface area contributed by atoms with Crippen molar-refractivity contribution in [2.24, 2.45) is 0 Å². The Morgan fingerprint density at radius 1 is 1.00 bits per heavy atom. The minimum atomic E-state index is 0.0491. The van der Waals surface area contributed by atoms with Crippen molar-refractivity contribution < 1.29 is 4.79 Å². The SMILES string of the molecule is Cc1ccc(N/C=C/C(=O)c2ccc3c(c2)CCCC3)cc1. The van der Waals surface area contributed by atoms with E-state index in [4.69, 9.17) is 0 Å². The lowest BCUT2D eigenvalue weighted by Gasteiger charge is -2.15. The normalized spacial score (nSPS) is 13.9. The van der Waals surface area contributed by atoms with E-state index in [0.29, 0.717) is 0 Å². The number of hydrogen-bond donors (Lipinski definition) is 1. The molecule has 0 heterocycles. The second-order valence-corrected chi connectivity index (χ2v) is 5.90. The number of ketones is 1. The fourth-order valence-electron chi connectivity index (χ4n) is 2.85. The molecule has 2 aromatic carbocycles. The number of benzene rings is 2. The predicted molar refractivity (Wildman–Crippen MR) is 91.4 cm³/mol. The maximum atomic E-state index is 12.2. The number of fused-ring (bicyclic) bond motifs is 1. The number of nitrogens with one attached hydrogen (secondary N) is 1. The van der Waals surface area contributed by atoms with Crippen LogP contribution >= 0.6 is 0 Å². The van der Waals surface area contributed by atoms with Gasteiger partial charge in [-0.1, -0.05) is 29.8 Å². The number of anilines is 1. The highest BCUT2D eigenvalue weighted by molar-refractivity contribution is 6.04. The Kier molecular flexibility index (Phi) is 4.38. The quantitative estimate of drug-likeness (QED) is 0.654. The highest BCUT2D eigenvalue weighted by Crippen LogP contribution is 2.22. The predicted octanol–water partition coefficient (Wildman–Crippen LogP) is 4.68. The molecule has 1 aliphatic rings. The Morgan fingerprint density at radius 2 is 1.73 bits per heavy atom. The van der Waals surface area contributed by atoms with Crippen molar-refractivity contribution in [2.75, 3.05) is 5.32 Å². The van der Waals surface area contributed by atoms with Gasteiger partial charge in [0.2, 0.25) is 0 Å². The van der Waals surface area contributed by atoms with E-state index >= 15 is 0 Å². The average Bonchev–Trinajstić information content (AvgIpc) is 2.56. The molecule has 0 unspecified atom stereocenters. The monoisotopic (exact) mass is 291 g/mol. The van der Waals surface area contributed by atoms with Gasteiger partial charge in [0.25, 0.3) is 0 Å². The maximum absolute atomic E-state index is 12.2. The van der Waals surface area contributed by atoms with Crippen molar-refractivity contribution in [3.63, 3.8) is 0 Å². The van der Waals surface area contributed by atoms with Crippen LogP contribution in [-0.4, -0.2) is 5.78 Å². The molecule has 0 atom stereocenters. The Bertz CT molecular complexity index is 698. The molecule has 0 saturated carbocycles. The van der Waals surface area contributed by atoms with Gasteiger partial charge in [-0.05, 0) is 61.9 Å². The van der Waals surface area contributed by atoms with Gasteiger partial charge in [0.1, 0.15) is 0 Å². The largest absolute Gasteiger partial charge is 0.362 e. The smallest absolute Gasteiger partial charge is 0.187 e. The minimum Gasteiger partial charge on any atom is -0.362 e. The fraction of sp³-hybridized carbons (Fsp3) is 0.250. The molecule has 0 aliphatic heterocycles. The molecule has 2 nitrogen and oxygen atoms in total. The summed E-state index contributed by atoms with van der Waals surface area (Å²) in [7, 11) is 0. The summed E-state index contributed by atoms with van der Waals surface area (Å²) in [5.74, 6) is 0.0491. The van der Waals surface area contributed by atoms with Gasteiger partial charge >= 0.3 is 0 Å². The molecule has 1 N–H and O–H groups in total. The van der Waals surface area contributed by atoms with Crippen molar-refractivity contribution in [1.29, 1.82) is 0 Å². The summed E-state index contributed by atoms with van der Waals surface area (Å²) in [5, 5.41) is 3.13. The van der Waals surface area contributed by atoms with Crippen LogP contribution in [0.4, 0.5) is 5.69 Å². The standard InChI is InChI=1S/C20H21NO/c1-15-6-10-19(11-7-15)21-13-12-20(22)18-9-8-16-4-2-3-5-17(16)14-18/h6-14,21H,2-5H2,1H3/b13-12+. The fourth-order valence-corrected chi connectivity index (χ4v) is 2.85. The summed E-state index contributed by atoms with van der Waals surface area (Å²) in [5.41, 5.74) is 5.74. The molecule has 0 fully saturated rings. The third kappa shape index (κ3) is 3.45. The van der Waals surface area contributed by atoms with Gasteiger partial charge in [-0.2, -0.15) is 0 Å². The lowest BCUT2D eigenvalue weighted by molar-refractivity contribution is 0.104. The molecule has 0 amide bonds. The molecule has 1 aliphatic carbocycles. The zero-order chi connectivity index (χ0) is 15.4. The zero-order valence-corrected chi connectivity index (χ0v) is 12.9. The number of aryl methyl sites for hydroxylation is 3. The second kappa shape index (κ2) is 6.61. The van der Waals surface area contributed by atoms with E-state index in [2.05, 4.69) is 24.4 Å². The molecule has 0 aromatic heterocycles. The van der Waals surface area contributed by atoms with Crippen LogP contribution in [0.25, 0.3) is 0 Å². The van der Waals surface area contributed by atoms with E-state index in [1.807, 2.05) is 30.3 Å². The minimum absolute atomic E-state index is 0.0491. The van der Waals surface area contributed by atoms with Crippen molar-refractivity contribution >= 4 is 11.5 Å². The van der Waals surface area contributed by atoms with Crippen LogP contribution in [0.15, 0.2) is 54.7 Å². The molecule has 2 heteroatoms. The summed E-state index contributed by atoms with van der Waals surface area (Å²) in [4.78, 5) is 12.2. The van der Waals surface area contributed by atoms with E-state index in [1.165, 1.54) is 29.5 Å². The molecule has 0 bridgehead atoms. The van der Waals surface area contributed by atoms with Gasteiger partial charge in [0.15, 0.2) is 5.78 Å². The number of rotatable bonds is 4. The summed E-state index contributed by atoms with van der Waals surface area (Å²) in [6.07, 6.45) is 8.06. The maximum Gasteiger partial charge on any atom is 0.187 e. The van der Waals surface area contributed by atoms with Crippen LogP contribution in [0.1, 0.15) is 39.9 Å². The van der Waals surface area contributed by atoms with Crippen LogP contribution in [-0.2, 0) is 12.8 Å². The Balaban J connectivity index is 1.66. The van der Waals surface area contributed by atoms with E-state index in [-0.39, 0.29) is 5.78 Å². The van der Waals surface area contributed by atoms with Crippen molar-refractivity contribution in [2.45, 2.75) is 32.6 Å². The van der Waals surface area contributed by atoms with Gasteiger partial charge in [0.05, 0.1) is 0 Å². The van der Waals surface area contributed by atoms with Crippen LogP contribution in [0, 0.1) is 6.92 Å². The molecule has 3 rings (SSSR count). The molecule has 112 valence electrons. The van der Waals surface area contributed by atoms with E-state index in [0.717, 1.165) is 24.1 Å². The lowest BCUT2D eigenvalue weighted by Crippen LogP contribution is -2.05. The number of hydrogen-bond acceptors (Lipinski definition) is 2. The summed E-state index contributed by atoms with van der Waals surface area (Å²) in [6.45, 7) is 2.05. The van der Waals surface area contributed by atoms with Crippen LogP contribution < -0.4 is 5.32 Å². The highest BCUT2D eigenvalue weighted by atomic mass is 16.1. The molecular formula is C20H21NO. The first-order valence-corrected chi connectivity index (χ1v) is 7.88. The van der Waals surface area contributed by atoms with Crippen LogP contribution in [0.3, 0.4) is 0 Å². The first-order chi connectivity index (χ1) is 10.7. The summed E-state index contributed by atoms with van der Waals surface area (Å²) in [6, 6.07) is 14.2. The Hall–Kier alpha value is -2.35. The van der Waals surface area contributed by atoms with E-state index in [9.17, 15) is 4.79 Å². The first-order valence-electron chi connectivity index (χ1n) is 7.88. The van der Waals surface area contributed by atoms with Crippen molar-refractivity contribution in [3.8, 4) is 0 Å². The van der Waals surface area contributed by atoms with Gasteiger partial charge < -0.3 is 5.32 Å². The van der Waals surface area contributed by atoms with Crippen molar-refractivity contribution in [3.05, 3.63) is 77.0 Å². The van der Waals surface area contributed by atoms with E-state index < -0.39 is 0 Å². The van der Waals surface area contributed by atoms with Crippen molar-refractivity contribution in [1.82, 2.24) is 0 Å². The zero-order valence-electron chi connectivity index (χ0n) is 12.9. The average molecular weight is 291 g/mol. The topological polar surface area (TPSA) is 29.1 Å². The Labute approximate surface area is 131 Å². The third-order valence-electron chi connectivity index (χ3n) is 4.17. The first kappa shape index (κ1) is 14.6.